The second-order valence-electron chi connectivity index (χ2n) is 3.82. The Morgan fingerprint density at radius 3 is 2.56 bits per heavy atom. The Morgan fingerprint density at radius 1 is 1.38 bits per heavy atom. The van der Waals surface area contributed by atoms with Crippen molar-refractivity contribution < 1.29 is 8.42 Å². The van der Waals surface area contributed by atoms with Crippen molar-refractivity contribution in [3.63, 3.8) is 0 Å². The van der Waals surface area contributed by atoms with Crippen LogP contribution in [0, 0.1) is 0 Å². The average Bonchev–Trinajstić information content (AvgIpc) is 2.17. The van der Waals surface area contributed by atoms with Crippen molar-refractivity contribution in [1.82, 2.24) is 0 Å². The molecule has 0 amide bonds. The molecule has 0 heterocycles. The third-order valence-corrected chi connectivity index (χ3v) is 3.93. The zero-order valence-electron chi connectivity index (χ0n) is 8.99. The SMILES string of the molecule is CS(=O)(=O)CCC(CCl)c1cccc(Cl)c1. The van der Waals surface area contributed by atoms with Crippen LogP contribution < -0.4 is 0 Å². The highest BCUT2D eigenvalue weighted by atomic mass is 35.5. The molecule has 1 aromatic rings. The largest absolute Gasteiger partial charge is 0.229 e. The van der Waals surface area contributed by atoms with E-state index in [2.05, 4.69) is 0 Å². The van der Waals surface area contributed by atoms with Crippen molar-refractivity contribution in [3.05, 3.63) is 34.9 Å². The molecule has 1 rings (SSSR count). The molecule has 1 aromatic carbocycles. The predicted octanol–water partition coefficient (Wildman–Crippen LogP) is 3.10. The van der Waals surface area contributed by atoms with Gasteiger partial charge in [0.15, 0.2) is 0 Å². The quantitative estimate of drug-likeness (QED) is 0.777. The minimum absolute atomic E-state index is 0.0371. The number of alkyl halides is 1. The lowest BCUT2D eigenvalue weighted by atomic mass is 9.99. The molecule has 0 saturated heterocycles. The lowest BCUT2D eigenvalue weighted by molar-refractivity contribution is 0.594. The molecule has 90 valence electrons. The smallest absolute Gasteiger partial charge is 0.147 e. The molecule has 0 spiro atoms. The molecule has 1 atom stereocenters. The van der Waals surface area contributed by atoms with Crippen molar-refractivity contribution in [2.45, 2.75) is 12.3 Å². The molecule has 0 radical (unpaired) electrons. The maximum atomic E-state index is 11.1. The normalized spacial score (nSPS) is 13.7. The summed E-state index contributed by atoms with van der Waals surface area (Å²) in [5.41, 5.74) is 0.992. The van der Waals surface area contributed by atoms with E-state index in [9.17, 15) is 8.42 Å². The Hall–Kier alpha value is -0.250. The van der Waals surface area contributed by atoms with Crippen LogP contribution in [0.25, 0.3) is 0 Å². The summed E-state index contributed by atoms with van der Waals surface area (Å²) in [6.07, 6.45) is 1.76. The van der Waals surface area contributed by atoms with Gasteiger partial charge in [0.25, 0.3) is 0 Å². The van der Waals surface area contributed by atoms with Crippen molar-refractivity contribution in [1.29, 1.82) is 0 Å². The maximum Gasteiger partial charge on any atom is 0.147 e. The van der Waals surface area contributed by atoms with Gasteiger partial charge in [-0.2, -0.15) is 0 Å². The van der Waals surface area contributed by atoms with E-state index in [-0.39, 0.29) is 11.7 Å². The molecule has 0 aliphatic rings. The molecular formula is C11H14Cl2O2S. The molecule has 16 heavy (non-hydrogen) atoms. The van der Waals surface area contributed by atoms with Gasteiger partial charge in [-0.25, -0.2) is 8.42 Å². The summed E-state index contributed by atoms with van der Waals surface area (Å²) < 4.78 is 22.2. The zero-order chi connectivity index (χ0) is 12.2. The fourth-order valence-corrected chi connectivity index (χ4v) is 2.69. The highest BCUT2D eigenvalue weighted by Crippen LogP contribution is 2.24. The minimum atomic E-state index is -2.94. The highest BCUT2D eigenvalue weighted by Gasteiger charge is 2.13. The van der Waals surface area contributed by atoms with E-state index in [1.54, 1.807) is 6.07 Å². The van der Waals surface area contributed by atoms with Gasteiger partial charge in [-0.3, -0.25) is 0 Å². The minimum Gasteiger partial charge on any atom is -0.229 e. The van der Waals surface area contributed by atoms with Gasteiger partial charge in [0.1, 0.15) is 9.84 Å². The van der Waals surface area contributed by atoms with Gasteiger partial charge in [0.2, 0.25) is 0 Å². The van der Waals surface area contributed by atoms with Crippen molar-refractivity contribution >= 4 is 33.0 Å². The van der Waals surface area contributed by atoms with E-state index in [1.165, 1.54) is 6.26 Å². The zero-order valence-corrected chi connectivity index (χ0v) is 11.3. The topological polar surface area (TPSA) is 34.1 Å². The van der Waals surface area contributed by atoms with E-state index < -0.39 is 9.84 Å². The fraction of sp³-hybridized carbons (Fsp3) is 0.455. The number of hydrogen-bond donors (Lipinski definition) is 0. The summed E-state index contributed by atoms with van der Waals surface area (Å²) >= 11 is 11.7. The van der Waals surface area contributed by atoms with Gasteiger partial charge >= 0.3 is 0 Å². The van der Waals surface area contributed by atoms with Gasteiger partial charge in [-0.1, -0.05) is 23.7 Å². The van der Waals surface area contributed by atoms with Crippen LogP contribution >= 0.6 is 23.2 Å². The van der Waals surface area contributed by atoms with Crippen molar-refractivity contribution in [2.24, 2.45) is 0 Å². The molecule has 0 bridgehead atoms. The van der Waals surface area contributed by atoms with Crippen LogP contribution in [0.1, 0.15) is 17.9 Å². The average molecular weight is 281 g/mol. The monoisotopic (exact) mass is 280 g/mol. The second-order valence-corrected chi connectivity index (χ2v) is 6.83. The van der Waals surface area contributed by atoms with Gasteiger partial charge in [0, 0.05) is 17.2 Å². The fourth-order valence-electron chi connectivity index (χ4n) is 1.45. The molecule has 2 nitrogen and oxygen atoms in total. The summed E-state index contributed by atoms with van der Waals surface area (Å²) in [6.45, 7) is 0. The number of rotatable bonds is 5. The van der Waals surface area contributed by atoms with Gasteiger partial charge in [0.05, 0.1) is 5.75 Å². The Kier molecular flexibility index (Phi) is 5.09. The summed E-state index contributed by atoms with van der Waals surface area (Å²) in [4.78, 5) is 0. The van der Waals surface area contributed by atoms with E-state index in [4.69, 9.17) is 23.2 Å². The third-order valence-electron chi connectivity index (χ3n) is 2.34. The molecule has 0 fully saturated rings. The van der Waals surface area contributed by atoms with Gasteiger partial charge < -0.3 is 0 Å². The second kappa shape index (κ2) is 5.89. The van der Waals surface area contributed by atoms with Crippen LogP contribution in [-0.4, -0.2) is 26.3 Å². The molecule has 1 unspecified atom stereocenters. The molecular weight excluding hydrogens is 267 g/mol. The van der Waals surface area contributed by atoms with Gasteiger partial charge in [-0.15, -0.1) is 11.6 Å². The first-order valence-corrected chi connectivity index (χ1v) is 7.89. The van der Waals surface area contributed by atoms with Crippen LogP contribution in [0.2, 0.25) is 5.02 Å². The summed E-state index contributed by atoms with van der Waals surface area (Å²) in [5, 5.41) is 0.645. The lowest BCUT2D eigenvalue weighted by Crippen LogP contribution is -2.09. The first kappa shape index (κ1) is 13.8. The summed E-state index contributed by atoms with van der Waals surface area (Å²) in [7, 11) is -2.94. The molecule has 5 heteroatoms. The molecule has 0 saturated carbocycles. The van der Waals surface area contributed by atoms with Crippen molar-refractivity contribution in [2.75, 3.05) is 17.9 Å². The molecule has 0 N–H and O–H groups in total. The first-order valence-electron chi connectivity index (χ1n) is 4.91. The highest BCUT2D eigenvalue weighted by molar-refractivity contribution is 7.90. The van der Waals surface area contributed by atoms with E-state index >= 15 is 0 Å². The Morgan fingerprint density at radius 2 is 2.06 bits per heavy atom. The number of sulfone groups is 1. The van der Waals surface area contributed by atoms with Crippen LogP contribution in [-0.2, 0) is 9.84 Å². The summed E-state index contributed by atoms with van der Waals surface area (Å²) in [6, 6.07) is 7.38. The van der Waals surface area contributed by atoms with Gasteiger partial charge in [-0.05, 0) is 30.0 Å². The van der Waals surface area contributed by atoms with Crippen molar-refractivity contribution in [3.8, 4) is 0 Å². The standard InChI is InChI=1S/C11H14Cl2O2S/c1-16(14,15)6-5-10(8-12)9-3-2-4-11(13)7-9/h2-4,7,10H,5-6,8H2,1H3. The van der Waals surface area contributed by atoms with Crippen LogP contribution in [0.3, 0.4) is 0 Å². The number of halogens is 2. The van der Waals surface area contributed by atoms with E-state index in [1.807, 2.05) is 18.2 Å². The van der Waals surface area contributed by atoms with Crippen LogP contribution in [0.5, 0.6) is 0 Å². The van der Waals surface area contributed by atoms with E-state index in [0.29, 0.717) is 17.3 Å². The lowest BCUT2D eigenvalue weighted by Gasteiger charge is -2.13. The third kappa shape index (κ3) is 4.73. The van der Waals surface area contributed by atoms with E-state index in [0.717, 1.165) is 5.56 Å². The summed E-state index contributed by atoms with van der Waals surface area (Å²) in [5.74, 6) is 0.585. The predicted molar refractivity (Wildman–Crippen MR) is 69.2 cm³/mol. The molecule has 0 aliphatic heterocycles. The Balaban J connectivity index is 2.75. The van der Waals surface area contributed by atoms with Crippen LogP contribution in [0.4, 0.5) is 0 Å². The Labute approximate surface area is 106 Å². The van der Waals surface area contributed by atoms with Crippen LogP contribution in [0.15, 0.2) is 24.3 Å². The molecule has 0 aromatic heterocycles. The number of benzene rings is 1. The number of hydrogen-bond acceptors (Lipinski definition) is 2. The first-order chi connectivity index (χ1) is 7.42. The maximum absolute atomic E-state index is 11.1. The molecule has 0 aliphatic carbocycles. The Bertz CT molecular complexity index is 443.